The van der Waals surface area contributed by atoms with Crippen LogP contribution in [0.4, 0.5) is 0 Å². The van der Waals surface area contributed by atoms with Crippen LogP contribution in [-0.4, -0.2) is 6.04 Å². The first-order chi connectivity index (χ1) is 7.80. The second-order valence-electron chi connectivity index (χ2n) is 6.26. The minimum Gasteiger partial charge on any atom is -0.328 e. The van der Waals surface area contributed by atoms with Crippen LogP contribution in [0.3, 0.4) is 0 Å². The Bertz CT molecular complexity index is 358. The molecule has 0 bridgehead atoms. The molecule has 1 heteroatoms. The van der Waals surface area contributed by atoms with Gasteiger partial charge in [0.1, 0.15) is 0 Å². The van der Waals surface area contributed by atoms with Crippen LogP contribution in [0, 0.1) is 6.92 Å². The zero-order valence-electron chi connectivity index (χ0n) is 12.0. The molecule has 1 rings (SSSR count). The molecule has 0 amide bonds. The van der Waals surface area contributed by atoms with Crippen molar-refractivity contribution in [3.05, 3.63) is 34.9 Å². The molecule has 0 aliphatic carbocycles. The average Bonchev–Trinajstić information content (AvgIpc) is 2.18. The number of rotatable bonds is 4. The molecule has 0 aliphatic rings. The lowest BCUT2D eigenvalue weighted by atomic mass is 9.85. The molecule has 0 fully saturated rings. The maximum Gasteiger partial charge on any atom is 0.00105 e. The minimum atomic E-state index is 0.245. The Morgan fingerprint density at radius 2 is 1.88 bits per heavy atom. The number of hydrogen-bond acceptors (Lipinski definition) is 1. The summed E-state index contributed by atoms with van der Waals surface area (Å²) in [7, 11) is 0. The van der Waals surface area contributed by atoms with Gasteiger partial charge in [-0.2, -0.15) is 0 Å². The van der Waals surface area contributed by atoms with Gasteiger partial charge in [0.2, 0.25) is 0 Å². The van der Waals surface area contributed by atoms with E-state index in [1.165, 1.54) is 23.1 Å². The average molecular weight is 233 g/mol. The second kappa shape index (κ2) is 5.68. The van der Waals surface area contributed by atoms with Gasteiger partial charge in [-0.15, -0.1) is 0 Å². The zero-order chi connectivity index (χ0) is 13.1. The standard InChI is InChI=1S/C16H27N/c1-12-11-15(16(3,4)5)10-9-14(12)8-6-7-13(2)17/h9-11,13H,6-8,17H2,1-5H3. The lowest BCUT2D eigenvalue weighted by Gasteiger charge is -2.20. The maximum atomic E-state index is 5.78. The van der Waals surface area contributed by atoms with Gasteiger partial charge < -0.3 is 5.73 Å². The lowest BCUT2D eigenvalue weighted by molar-refractivity contribution is 0.588. The molecular weight excluding hydrogens is 206 g/mol. The van der Waals surface area contributed by atoms with Gasteiger partial charge in [0, 0.05) is 6.04 Å². The Hall–Kier alpha value is -0.820. The summed E-state index contributed by atoms with van der Waals surface area (Å²) < 4.78 is 0. The molecule has 0 saturated heterocycles. The molecule has 1 nitrogen and oxygen atoms in total. The van der Waals surface area contributed by atoms with E-state index in [0.717, 1.165) is 12.8 Å². The molecule has 1 aromatic carbocycles. The van der Waals surface area contributed by atoms with Crippen LogP contribution < -0.4 is 5.73 Å². The molecule has 0 saturated carbocycles. The maximum absolute atomic E-state index is 5.78. The highest BCUT2D eigenvalue weighted by Gasteiger charge is 2.14. The molecule has 0 aliphatic heterocycles. The number of nitrogens with two attached hydrogens (primary N) is 1. The smallest absolute Gasteiger partial charge is 0.00105 e. The fourth-order valence-corrected chi connectivity index (χ4v) is 2.06. The normalized spacial score (nSPS) is 13.8. The molecule has 0 aromatic heterocycles. The topological polar surface area (TPSA) is 26.0 Å². The van der Waals surface area contributed by atoms with Gasteiger partial charge in [0.25, 0.3) is 0 Å². The Morgan fingerprint density at radius 1 is 1.24 bits per heavy atom. The van der Waals surface area contributed by atoms with Gasteiger partial charge in [-0.1, -0.05) is 39.0 Å². The molecule has 0 heterocycles. The molecular formula is C16H27N. The van der Waals surface area contributed by atoms with Crippen LogP contribution in [0.5, 0.6) is 0 Å². The monoisotopic (exact) mass is 233 g/mol. The summed E-state index contributed by atoms with van der Waals surface area (Å²) in [6.45, 7) is 11.1. The fourth-order valence-electron chi connectivity index (χ4n) is 2.06. The molecule has 0 spiro atoms. The zero-order valence-corrected chi connectivity index (χ0v) is 12.0. The van der Waals surface area contributed by atoms with Crippen LogP contribution in [0.1, 0.15) is 57.2 Å². The van der Waals surface area contributed by atoms with Crippen molar-refractivity contribution in [2.45, 2.75) is 65.3 Å². The fraction of sp³-hybridized carbons (Fsp3) is 0.625. The number of benzene rings is 1. The molecule has 96 valence electrons. The second-order valence-corrected chi connectivity index (χ2v) is 6.26. The Balaban J connectivity index is 2.70. The van der Waals surface area contributed by atoms with E-state index in [2.05, 4.69) is 52.8 Å². The van der Waals surface area contributed by atoms with E-state index >= 15 is 0 Å². The quantitative estimate of drug-likeness (QED) is 0.837. The van der Waals surface area contributed by atoms with E-state index in [9.17, 15) is 0 Å². The largest absolute Gasteiger partial charge is 0.328 e. The first kappa shape index (κ1) is 14.2. The van der Waals surface area contributed by atoms with Gasteiger partial charge in [-0.25, -0.2) is 0 Å². The van der Waals surface area contributed by atoms with E-state index in [-0.39, 0.29) is 5.41 Å². The van der Waals surface area contributed by atoms with Gasteiger partial charge in [-0.05, 0) is 55.2 Å². The Kier molecular flexibility index (Phi) is 4.76. The van der Waals surface area contributed by atoms with Crippen molar-refractivity contribution < 1.29 is 0 Å². The van der Waals surface area contributed by atoms with Crippen LogP contribution >= 0.6 is 0 Å². The van der Waals surface area contributed by atoms with Crippen LogP contribution in [0.15, 0.2) is 18.2 Å². The summed E-state index contributed by atoms with van der Waals surface area (Å²) in [5.74, 6) is 0. The predicted molar refractivity (Wildman–Crippen MR) is 76.5 cm³/mol. The van der Waals surface area contributed by atoms with Crippen molar-refractivity contribution in [3.63, 3.8) is 0 Å². The summed E-state index contributed by atoms with van der Waals surface area (Å²) >= 11 is 0. The third-order valence-electron chi connectivity index (χ3n) is 3.31. The summed E-state index contributed by atoms with van der Waals surface area (Å²) in [4.78, 5) is 0. The van der Waals surface area contributed by atoms with Crippen molar-refractivity contribution in [3.8, 4) is 0 Å². The highest BCUT2D eigenvalue weighted by atomic mass is 14.6. The third-order valence-corrected chi connectivity index (χ3v) is 3.31. The van der Waals surface area contributed by atoms with E-state index in [4.69, 9.17) is 5.73 Å². The van der Waals surface area contributed by atoms with Crippen molar-refractivity contribution in [1.29, 1.82) is 0 Å². The Morgan fingerprint density at radius 3 is 2.35 bits per heavy atom. The summed E-state index contributed by atoms with van der Waals surface area (Å²) in [5, 5.41) is 0. The molecule has 1 atom stereocenters. The highest BCUT2D eigenvalue weighted by Crippen LogP contribution is 2.25. The van der Waals surface area contributed by atoms with E-state index in [0.29, 0.717) is 6.04 Å². The van der Waals surface area contributed by atoms with Crippen LogP contribution in [0.2, 0.25) is 0 Å². The lowest BCUT2D eigenvalue weighted by Crippen LogP contribution is -2.14. The summed E-state index contributed by atoms with van der Waals surface area (Å²) in [6.07, 6.45) is 3.45. The molecule has 17 heavy (non-hydrogen) atoms. The van der Waals surface area contributed by atoms with Crippen molar-refractivity contribution in [2.24, 2.45) is 5.73 Å². The molecule has 1 aromatic rings. The van der Waals surface area contributed by atoms with Crippen molar-refractivity contribution >= 4 is 0 Å². The molecule has 1 unspecified atom stereocenters. The molecule has 2 N–H and O–H groups in total. The van der Waals surface area contributed by atoms with E-state index in [1.54, 1.807) is 0 Å². The Labute approximate surface area is 106 Å². The highest BCUT2D eigenvalue weighted by molar-refractivity contribution is 5.34. The van der Waals surface area contributed by atoms with Crippen LogP contribution in [-0.2, 0) is 11.8 Å². The summed E-state index contributed by atoms with van der Waals surface area (Å²) in [5.41, 5.74) is 10.3. The third kappa shape index (κ3) is 4.51. The van der Waals surface area contributed by atoms with Crippen molar-refractivity contribution in [2.75, 3.05) is 0 Å². The van der Waals surface area contributed by atoms with E-state index < -0.39 is 0 Å². The van der Waals surface area contributed by atoms with Gasteiger partial charge >= 0.3 is 0 Å². The number of aryl methyl sites for hydroxylation is 2. The molecule has 0 radical (unpaired) electrons. The minimum absolute atomic E-state index is 0.245. The van der Waals surface area contributed by atoms with Crippen LogP contribution in [0.25, 0.3) is 0 Å². The predicted octanol–water partition coefficient (Wildman–Crippen LogP) is 3.96. The number of hydrogen-bond donors (Lipinski definition) is 1. The summed E-state index contributed by atoms with van der Waals surface area (Å²) in [6, 6.07) is 7.22. The first-order valence-electron chi connectivity index (χ1n) is 6.66. The SMILES string of the molecule is Cc1cc(C(C)(C)C)ccc1CCCC(C)N. The van der Waals surface area contributed by atoms with Crippen molar-refractivity contribution in [1.82, 2.24) is 0 Å². The van der Waals surface area contributed by atoms with Gasteiger partial charge in [-0.3, -0.25) is 0 Å². The van der Waals surface area contributed by atoms with E-state index in [1.807, 2.05) is 0 Å². The first-order valence-corrected chi connectivity index (χ1v) is 6.66. The van der Waals surface area contributed by atoms with Gasteiger partial charge in [0.05, 0.1) is 0 Å². The van der Waals surface area contributed by atoms with Gasteiger partial charge in [0.15, 0.2) is 0 Å².